The fourth-order valence-electron chi connectivity index (χ4n) is 1.85. The van der Waals surface area contributed by atoms with Gasteiger partial charge in [-0.1, -0.05) is 25.1 Å². The average Bonchev–Trinajstić information content (AvgIpc) is 2.40. The van der Waals surface area contributed by atoms with Crippen molar-refractivity contribution in [3.8, 4) is 11.5 Å². The molecule has 3 nitrogen and oxygen atoms in total. The van der Waals surface area contributed by atoms with Crippen LogP contribution >= 0.6 is 0 Å². The van der Waals surface area contributed by atoms with Crippen molar-refractivity contribution in [2.75, 3.05) is 6.54 Å². The van der Waals surface area contributed by atoms with E-state index < -0.39 is 0 Å². The van der Waals surface area contributed by atoms with E-state index in [9.17, 15) is 0 Å². The van der Waals surface area contributed by atoms with Crippen LogP contribution in [0.5, 0.6) is 11.5 Å². The Morgan fingerprint density at radius 1 is 1.22 bits per heavy atom. The molecule has 0 atom stereocenters. The SMILES string of the molecule is CCc1ccccc1Oc1cncc(CCN)c1. The number of nitrogens with two attached hydrogens (primary N) is 1. The summed E-state index contributed by atoms with van der Waals surface area (Å²) in [5.41, 5.74) is 7.84. The van der Waals surface area contributed by atoms with Crippen molar-refractivity contribution in [2.24, 2.45) is 5.73 Å². The van der Waals surface area contributed by atoms with Gasteiger partial charge in [-0.2, -0.15) is 0 Å². The zero-order valence-corrected chi connectivity index (χ0v) is 10.6. The molecule has 1 aromatic heterocycles. The number of aromatic nitrogens is 1. The average molecular weight is 242 g/mol. The number of nitrogens with zero attached hydrogens (tertiary/aromatic N) is 1. The topological polar surface area (TPSA) is 48.1 Å². The highest BCUT2D eigenvalue weighted by Gasteiger charge is 2.03. The minimum Gasteiger partial charge on any atom is -0.455 e. The van der Waals surface area contributed by atoms with Gasteiger partial charge in [0.2, 0.25) is 0 Å². The third-order valence-electron chi connectivity index (χ3n) is 2.78. The molecule has 2 rings (SSSR count). The van der Waals surface area contributed by atoms with Gasteiger partial charge in [0, 0.05) is 6.20 Å². The summed E-state index contributed by atoms with van der Waals surface area (Å²) in [4.78, 5) is 4.17. The predicted octanol–water partition coefficient (Wildman–Crippen LogP) is 2.94. The summed E-state index contributed by atoms with van der Waals surface area (Å²) in [7, 11) is 0. The molecule has 18 heavy (non-hydrogen) atoms. The third kappa shape index (κ3) is 3.08. The van der Waals surface area contributed by atoms with Gasteiger partial charge in [0.05, 0.1) is 6.20 Å². The molecule has 94 valence electrons. The molecule has 0 aliphatic rings. The largest absolute Gasteiger partial charge is 0.455 e. The first-order valence-corrected chi connectivity index (χ1v) is 6.23. The Hall–Kier alpha value is -1.87. The van der Waals surface area contributed by atoms with E-state index in [0.717, 1.165) is 29.9 Å². The lowest BCUT2D eigenvalue weighted by atomic mass is 10.1. The highest BCUT2D eigenvalue weighted by Crippen LogP contribution is 2.25. The van der Waals surface area contributed by atoms with Crippen LogP contribution in [0.25, 0.3) is 0 Å². The number of ether oxygens (including phenoxy) is 1. The molecule has 0 saturated heterocycles. The van der Waals surface area contributed by atoms with Crippen LogP contribution in [0.15, 0.2) is 42.7 Å². The van der Waals surface area contributed by atoms with E-state index in [1.54, 1.807) is 6.20 Å². The van der Waals surface area contributed by atoms with E-state index in [-0.39, 0.29) is 0 Å². The van der Waals surface area contributed by atoms with Gasteiger partial charge in [0.1, 0.15) is 11.5 Å². The van der Waals surface area contributed by atoms with Crippen molar-refractivity contribution < 1.29 is 4.74 Å². The number of para-hydroxylation sites is 1. The molecule has 1 heterocycles. The molecule has 0 fully saturated rings. The molecular formula is C15H18N2O. The Balaban J connectivity index is 2.20. The first-order chi connectivity index (χ1) is 8.83. The van der Waals surface area contributed by atoms with E-state index in [4.69, 9.17) is 10.5 Å². The zero-order valence-electron chi connectivity index (χ0n) is 10.6. The highest BCUT2D eigenvalue weighted by molar-refractivity contribution is 5.37. The number of hydrogen-bond acceptors (Lipinski definition) is 3. The number of hydrogen-bond donors (Lipinski definition) is 1. The molecule has 0 unspecified atom stereocenters. The Kier molecular flexibility index (Phi) is 4.31. The van der Waals surface area contributed by atoms with Gasteiger partial charge in [-0.15, -0.1) is 0 Å². The second kappa shape index (κ2) is 6.17. The number of benzene rings is 1. The lowest BCUT2D eigenvalue weighted by molar-refractivity contribution is 0.473. The van der Waals surface area contributed by atoms with E-state index >= 15 is 0 Å². The lowest BCUT2D eigenvalue weighted by Gasteiger charge is -2.10. The molecule has 2 aromatic rings. The standard InChI is InChI=1S/C15H18N2O/c1-2-13-5-3-4-6-15(13)18-14-9-12(7-8-16)10-17-11-14/h3-6,9-11H,2,7-8,16H2,1H3. The van der Waals surface area contributed by atoms with Crippen molar-refractivity contribution in [3.63, 3.8) is 0 Å². The Morgan fingerprint density at radius 3 is 2.83 bits per heavy atom. The van der Waals surface area contributed by atoms with Crippen LogP contribution in [0.2, 0.25) is 0 Å². The summed E-state index contributed by atoms with van der Waals surface area (Å²) < 4.78 is 5.88. The minimum atomic E-state index is 0.622. The van der Waals surface area contributed by atoms with E-state index in [1.807, 2.05) is 30.5 Å². The summed E-state index contributed by atoms with van der Waals surface area (Å²) >= 11 is 0. The van der Waals surface area contributed by atoms with E-state index in [0.29, 0.717) is 6.54 Å². The minimum absolute atomic E-state index is 0.622. The second-order valence-corrected chi connectivity index (χ2v) is 4.13. The van der Waals surface area contributed by atoms with Gasteiger partial charge in [-0.05, 0) is 42.6 Å². The number of pyridine rings is 1. The molecule has 0 bridgehead atoms. The normalized spacial score (nSPS) is 10.3. The fourth-order valence-corrected chi connectivity index (χ4v) is 1.85. The van der Waals surface area contributed by atoms with Crippen LogP contribution in [0.1, 0.15) is 18.1 Å². The van der Waals surface area contributed by atoms with Crippen LogP contribution in [0, 0.1) is 0 Å². The molecule has 0 aliphatic heterocycles. The molecular weight excluding hydrogens is 224 g/mol. The van der Waals surface area contributed by atoms with Crippen molar-refractivity contribution in [2.45, 2.75) is 19.8 Å². The highest BCUT2D eigenvalue weighted by atomic mass is 16.5. The molecule has 1 aromatic carbocycles. The van der Waals surface area contributed by atoms with Gasteiger partial charge < -0.3 is 10.5 Å². The number of aryl methyl sites for hydroxylation is 1. The predicted molar refractivity (Wildman–Crippen MR) is 72.9 cm³/mol. The van der Waals surface area contributed by atoms with Crippen LogP contribution in [-0.2, 0) is 12.8 Å². The quantitative estimate of drug-likeness (QED) is 0.877. The zero-order chi connectivity index (χ0) is 12.8. The van der Waals surface area contributed by atoms with Crippen LogP contribution in [0.3, 0.4) is 0 Å². The maximum atomic E-state index is 5.88. The molecule has 3 heteroatoms. The van der Waals surface area contributed by atoms with Crippen LogP contribution in [0.4, 0.5) is 0 Å². The lowest BCUT2D eigenvalue weighted by Crippen LogP contribution is -2.03. The molecule has 0 spiro atoms. The van der Waals surface area contributed by atoms with E-state index in [2.05, 4.69) is 18.0 Å². The van der Waals surface area contributed by atoms with Crippen molar-refractivity contribution >= 4 is 0 Å². The first-order valence-electron chi connectivity index (χ1n) is 6.23. The molecule has 2 N–H and O–H groups in total. The summed E-state index contributed by atoms with van der Waals surface area (Å²) in [6, 6.07) is 10.0. The van der Waals surface area contributed by atoms with E-state index in [1.165, 1.54) is 5.56 Å². The van der Waals surface area contributed by atoms with Crippen LogP contribution < -0.4 is 10.5 Å². The maximum Gasteiger partial charge on any atom is 0.145 e. The summed E-state index contributed by atoms with van der Waals surface area (Å²) in [5.74, 6) is 1.66. The van der Waals surface area contributed by atoms with Gasteiger partial charge in [0.25, 0.3) is 0 Å². The monoisotopic (exact) mass is 242 g/mol. The number of rotatable bonds is 5. The third-order valence-corrected chi connectivity index (χ3v) is 2.78. The van der Waals surface area contributed by atoms with Gasteiger partial charge in [-0.25, -0.2) is 0 Å². The first kappa shape index (κ1) is 12.6. The van der Waals surface area contributed by atoms with Gasteiger partial charge in [-0.3, -0.25) is 4.98 Å². The van der Waals surface area contributed by atoms with Gasteiger partial charge in [0.15, 0.2) is 0 Å². The van der Waals surface area contributed by atoms with Crippen molar-refractivity contribution in [1.29, 1.82) is 0 Å². The molecule has 0 saturated carbocycles. The molecule has 0 amide bonds. The Morgan fingerprint density at radius 2 is 2.06 bits per heavy atom. The Labute approximate surface area is 108 Å². The second-order valence-electron chi connectivity index (χ2n) is 4.13. The summed E-state index contributed by atoms with van der Waals surface area (Å²) in [5, 5.41) is 0. The van der Waals surface area contributed by atoms with Gasteiger partial charge >= 0.3 is 0 Å². The fraction of sp³-hybridized carbons (Fsp3) is 0.267. The van der Waals surface area contributed by atoms with Crippen molar-refractivity contribution in [3.05, 3.63) is 53.9 Å². The summed E-state index contributed by atoms with van der Waals surface area (Å²) in [6.45, 7) is 2.74. The maximum absolute atomic E-state index is 5.88. The Bertz CT molecular complexity index is 511. The molecule has 0 aliphatic carbocycles. The summed E-state index contributed by atoms with van der Waals surface area (Å²) in [6.07, 6.45) is 5.32. The molecule has 0 radical (unpaired) electrons. The smallest absolute Gasteiger partial charge is 0.145 e. The van der Waals surface area contributed by atoms with Crippen LogP contribution in [-0.4, -0.2) is 11.5 Å². The van der Waals surface area contributed by atoms with Crippen molar-refractivity contribution in [1.82, 2.24) is 4.98 Å².